The maximum absolute atomic E-state index is 11.9. The fraction of sp³-hybridized carbons (Fsp3) is 0.125. The molecule has 2 N–H and O–H groups in total. The van der Waals surface area contributed by atoms with Crippen LogP contribution in [-0.2, 0) is 6.54 Å². The second-order valence-corrected chi connectivity index (χ2v) is 6.27. The quantitative estimate of drug-likeness (QED) is 0.738. The van der Waals surface area contributed by atoms with Crippen LogP contribution in [0.3, 0.4) is 0 Å². The lowest BCUT2D eigenvalue weighted by Gasteiger charge is -2.05. The van der Waals surface area contributed by atoms with Gasteiger partial charge in [-0.15, -0.1) is 0 Å². The molecule has 0 bridgehead atoms. The van der Waals surface area contributed by atoms with Crippen LogP contribution in [-0.4, -0.2) is 11.0 Å². The van der Waals surface area contributed by atoms with Crippen LogP contribution in [0, 0.1) is 6.92 Å². The predicted octanol–water partition coefficient (Wildman–Crippen LogP) is 4.58. The molecule has 112 valence electrons. The Morgan fingerprint density at radius 2 is 2.00 bits per heavy atom. The van der Waals surface area contributed by atoms with E-state index < -0.39 is 0 Å². The van der Waals surface area contributed by atoms with E-state index in [2.05, 4.69) is 15.6 Å². The molecule has 1 aromatic heterocycles. The molecule has 0 fully saturated rings. The number of carbonyl (C=O) groups is 1. The zero-order valence-corrected chi connectivity index (χ0v) is 13.5. The van der Waals surface area contributed by atoms with Crippen LogP contribution in [0.15, 0.2) is 42.5 Å². The summed E-state index contributed by atoms with van der Waals surface area (Å²) in [6.07, 6.45) is 0. The Bertz CT molecular complexity index is 817. The van der Waals surface area contributed by atoms with E-state index in [1.165, 1.54) is 11.3 Å². The summed E-state index contributed by atoms with van der Waals surface area (Å²) in [4.78, 5) is 16.4. The van der Waals surface area contributed by atoms with Crippen LogP contribution in [0.25, 0.3) is 10.2 Å². The van der Waals surface area contributed by atoms with E-state index in [0.29, 0.717) is 16.7 Å². The zero-order valence-electron chi connectivity index (χ0n) is 11.9. The number of nitrogens with one attached hydrogen (secondary N) is 2. The zero-order chi connectivity index (χ0) is 15.5. The number of anilines is 1. The van der Waals surface area contributed by atoms with Gasteiger partial charge in [0, 0.05) is 11.6 Å². The van der Waals surface area contributed by atoms with Gasteiger partial charge < -0.3 is 5.32 Å². The molecule has 0 saturated carbocycles. The molecule has 0 radical (unpaired) electrons. The van der Waals surface area contributed by atoms with E-state index in [4.69, 9.17) is 11.6 Å². The van der Waals surface area contributed by atoms with Crippen LogP contribution in [0.5, 0.6) is 0 Å². The molecule has 0 aliphatic rings. The fourth-order valence-electron chi connectivity index (χ4n) is 2.07. The first-order chi connectivity index (χ1) is 10.6. The van der Waals surface area contributed by atoms with Crippen molar-refractivity contribution in [3.63, 3.8) is 0 Å². The standard InChI is InChI=1S/C16H14ClN3OS/c1-10-12(17)7-8-13-14(10)19-16(22-13)20-15(21)18-9-11-5-3-2-4-6-11/h2-8H,9H2,1H3,(H2,18,19,20,21). The number of rotatable bonds is 3. The number of hydrogen-bond donors (Lipinski definition) is 2. The summed E-state index contributed by atoms with van der Waals surface area (Å²) in [6, 6.07) is 13.2. The molecule has 0 aliphatic heterocycles. The van der Waals surface area contributed by atoms with Gasteiger partial charge in [-0.3, -0.25) is 5.32 Å². The van der Waals surface area contributed by atoms with Crippen LogP contribution in [0.4, 0.5) is 9.93 Å². The van der Waals surface area contributed by atoms with Gasteiger partial charge in [0.05, 0.1) is 10.2 Å². The topological polar surface area (TPSA) is 54.0 Å². The number of benzene rings is 2. The van der Waals surface area contributed by atoms with Crippen molar-refractivity contribution in [2.75, 3.05) is 5.32 Å². The molecule has 3 aromatic rings. The summed E-state index contributed by atoms with van der Waals surface area (Å²) in [6.45, 7) is 2.39. The minimum atomic E-state index is -0.272. The minimum Gasteiger partial charge on any atom is -0.334 e. The van der Waals surface area contributed by atoms with Gasteiger partial charge >= 0.3 is 6.03 Å². The summed E-state index contributed by atoms with van der Waals surface area (Å²) in [5.74, 6) is 0. The highest BCUT2D eigenvalue weighted by Crippen LogP contribution is 2.31. The van der Waals surface area contributed by atoms with Crippen molar-refractivity contribution >= 4 is 44.3 Å². The van der Waals surface area contributed by atoms with Crippen molar-refractivity contribution in [2.45, 2.75) is 13.5 Å². The first-order valence-corrected chi connectivity index (χ1v) is 7.97. The Labute approximate surface area is 137 Å². The van der Waals surface area contributed by atoms with Gasteiger partial charge in [0.15, 0.2) is 5.13 Å². The van der Waals surface area contributed by atoms with Crippen molar-refractivity contribution in [1.29, 1.82) is 0 Å². The van der Waals surface area contributed by atoms with Gasteiger partial charge in [0.25, 0.3) is 0 Å². The van der Waals surface area contributed by atoms with E-state index in [0.717, 1.165) is 21.3 Å². The Balaban J connectivity index is 1.68. The molecule has 4 nitrogen and oxygen atoms in total. The number of hydrogen-bond acceptors (Lipinski definition) is 3. The molecule has 22 heavy (non-hydrogen) atoms. The Morgan fingerprint density at radius 3 is 2.77 bits per heavy atom. The molecule has 2 aromatic carbocycles. The Hall–Kier alpha value is -2.11. The van der Waals surface area contributed by atoms with E-state index >= 15 is 0 Å². The van der Waals surface area contributed by atoms with E-state index in [1.54, 1.807) is 0 Å². The third kappa shape index (κ3) is 3.21. The Morgan fingerprint density at radius 1 is 1.23 bits per heavy atom. The molecule has 2 amide bonds. The van der Waals surface area contributed by atoms with Crippen LogP contribution >= 0.6 is 22.9 Å². The monoisotopic (exact) mass is 331 g/mol. The second-order valence-electron chi connectivity index (χ2n) is 4.83. The van der Waals surface area contributed by atoms with E-state index in [-0.39, 0.29) is 6.03 Å². The summed E-state index contributed by atoms with van der Waals surface area (Å²) < 4.78 is 1.00. The molecule has 0 spiro atoms. The summed E-state index contributed by atoms with van der Waals surface area (Å²) in [5.41, 5.74) is 2.80. The van der Waals surface area contributed by atoms with Crippen molar-refractivity contribution in [3.8, 4) is 0 Å². The first-order valence-electron chi connectivity index (χ1n) is 6.78. The van der Waals surface area contributed by atoms with Crippen molar-refractivity contribution < 1.29 is 4.79 Å². The normalized spacial score (nSPS) is 10.6. The average molecular weight is 332 g/mol. The molecule has 0 atom stereocenters. The minimum absolute atomic E-state index is 0.272. The SMILES string of the molecule is Cc1c(Cl)ccc2sc(NC(=O)NCc3ccccc3)nc12. The first kappa shape index (κ1) is 14.8. The van der Waals surface area contributed by atoms with E-state index in [9.17, 15) is 4.79 Å². The molecule has 6 heteroatoms. The van der Waals surface area contributed by atoms with Gasteiger partial charge in [-0.25, -0.2) is 9.78 Å². The molecule has 0 aliphatic carbocycles. The Kier molecular flexibility index (Phi) is 4.27. The highest BCUT2D eigenvalue weighted by molar-refractivity contribution is 7.22. The number of amides is 2. The fourth-order valence-corrected chi connectivity index (χ4v) is 3.15. The summed E-state index contributed by atoms with van der Waals surface area (Å²) in [7, 11) is 0. The lowest BCUT2D eigenvalue weighted by Crippen LogP contribution is -2.28. The summed E-state index contributed by atoms with van der Waals surface area (Å²) >= 11 is 7.51. The third-order valence-corrected chi connectivity index (χ3v) is 4.61. The van der Waals surface area contributed by atoms with Crippen molar-refractivity contribution in [3.05, 3.63) is 58.6 Å². The maximum Gasteiger partial charge on any atom is 0.321 e. The smallest absolute Gasteiger partial charge is 0.321 e. The number of fused-ring (bicyclic) bond motifs is 1. The van der Waals surface area contributed by atoms with Gasteiger partial charge in [0.1, 0.15) is 0 Å². The molecular weight excluding hydrogens is 318 g/mol. The summed E-state index contributed by atoms with van der Waals surface area (Å²) in [5, 5.41) is 6.81. The molecule has 3 rings (SSSR count). The van der Waals surface area contributed by atoms with Crippen LogP contribution < -0.4 is 10.6 Å². The largest absolute Gasteiger partial charge is 0.334 e. The number of thiazole rings is 1. The van der Waals surface area contributed by atoms with Crippen LogP contribution in [0.2, 0.25) is 5.02 Å². The third-order valence-electron chi connectivity index (χ3n) is 3.26. The molecular formula is C16H14ClN3OS. The van der Waals surface area contributed by atoms with Crippen molar-refractivity contribution in [2.24, 2.45) is 0 Å². The van der Waals surface area contributed by atoms with Gasteiger partial charge in [0.2, 0.25) is 0 Å². The van der Waals surface area contributed by atoms with E-state index in [1.807, 2.05) is 49.4 Å². The number of urea groups is 1. The van der Waals surface area contributed by atoms with Gasteiger partial charge in [-0.2, -0.15) is 0 Å². The predicted molar refractivity (Wildman–Crippen MR) is 91.7 cm³/mol. The second kappa shape index (κ2) is 6.34. The van der Waals surface area contributed by atoms with Gasteiger partial charge in [-0.05, 0) is 30.2 Å². The highest BCUT2D eigenvalue weighted by Gasteiger charge is 2.10. The molecule has 0 saturated heterocycles. The number of aromatic nitrogens is 1. The van der Waals surface area contributed by atoms with Crippen molar-refractivity contribution in [1.82, 2.24) is 10.3 Å². The number of nitrogens with zero attached hydrogens (tertiary/aromatic N) is 1. The van der Waals surface area contributed by atoms with Crippen LogP contribution in [0.1, 0.15) is 11.1 Å². The lowest BCUT2D eigenvalue weighted by atomic mass is 10.2. The number of halogens is 1. The number of carbonyl (C=O) groups excluding carboxylic acids is 1. The number of aryl methyl sites for hydroxylation is 1. The maximum atomic E-state index is 11.9. The average Bonchev–Trinajstić information content (AvgIpc) is 2.93. The molecule has 0 unspecified atom stereocenters. The lowest BCUT2D eigenvalue weighted by molar-refractivity contribution is 0.251. The van der Waals surface area contributed by atoms with Gasteiger partial charge in [-0.1, -0.05) is 53.3 Å². The highest BCUT2D eigenvalue weighted by atomic mass is 35.5. The molecule has 1 heterocycles.